The molecule has 15 heavy (non-hydrogen) atoms. The van der Waals surface area contributed by atoms with Crippen molar-refractivity contribution >= 4 is 5.91 Å². The maximum Gasteiger partial charge on any atom is 0.236 e. The molecule has 0 radical (unpaired) electrons. The zero-order chi connectivity index (χ0) is 12.1. The van der Waals surface area contributed by atoms with Gasteiger partial charge in [0, 0.05) is 12.1 Å². The smallest absolute Gasteiger partial charge is 0.236 e. The van der Waals surface area contributed by atoms with Crippen molar-refractivity contribution in [2.24, 2.45) is 5.92 Å². The second kappa shape index (κ2) is 6.11. The van der Waals surface area contributed by atoms with Gasteiger partial charge in [0.2, 0.25) is 5.91 Å². The van der Waals surface area contributed by atoms with E-state index in [0.717, 1.165) is 13.0 Å². The van der Waals surface area contributed by atoms with E-state index in [1.54, 1.807) is 0 Å². The fourth-order valence-electron chi connectivity index (χ4n) is 1.21. The summed E-state index contributed by atoms with van der Waals surface area (Å²) in [5.74, 6) is 0.588. The first-order valence-corrected chi connectivity index (χ1v) is 5.84. The van der Waals surface area contributed by atoms with Crippen molar-refractivity contribution in [2.75, 3.05) is 6.54 Å². The molecule has 1 atom stereocenters. The van der Waals surface area contributed by atoms with Crippen LogP contribution < -0.4 is 10.6 Å². The monoisotopic (exact) mass is 214 g/mol. The van der Waals surface area contributed by atoms with Crippen LogP contribution in [0.2, 0.25) is 0 Å². The van der Waals surface area contributed by atoms with Crippen molar-refractivity contribution in [3.8, 4) is 0 Å². The van der Waals surface area contributed by atoms with Crippen LogP contribution in [0.5, 0.6) is 0 Å². The van der Waals surface area contributed by atoms with Crippen LogP contribution in [0.1, 0.15) is 48.0 Å². The first kappa shape index (κ1) is 14.4. The molecule has 0 aromatic rings. The van der Waals surface area contributed by atoms with Gasteiger partial charge < -0.3 is 10.6 Å². The van der Waals surface area contributed by atoms with Gasteiger partial charge in [0.25, 0.3) is 0 Å². The highest BCUT2D eigenvalue weighted by Gasteiger charge is 2.21. The molecule has 0 aromatic carbocycles. The third kappa shape index (κ3) is 6.50. The maximum absolute atomic E-state index is 11.7. The molecule has 1 amide bonds. The van der Waals surface area contributed by atoms with Crippen LogP contribution in [0, 0.1) is 5.92 Å². The third-order valence-corrected chi connectivity index (χ3v) is 2.57. The molecule has 3 nitrogen and oxygen atoms in total. The van der Waals surface area contributed by atoms with E-state index in [1.165, 1.54) is 0 Å². The molecule has 0 fully saturated rings. The van der Waals surface area contributed by atoms with Gasteiger partial charge in [-0.1, -0.05) is 20.8 Å². The van der Waals surface area contributed by atoms with Gasteiger partial charge in [-0.2, -0.15) is 0 Å². The minimum absolute atomic E-state index is 0.0224. The van der Waals surface area contributed by atoms with Crippen LogP contribution in [0.25, 0.3) is 0 Å². The van der Waals surface area contributed by atoms with Gasteiger partial charge in [-0.15, -0.1) is 0 Å². The summed E-state index contributed by atoms with van der Waals surface area (Å²) in [5, 5.41) is 6.24. The molecule has 0 bridgehead atoms. The molecule has 0 rings (SSSR count). The molecule has 3 heteroatoms. The molecular weight excluding hydrogens is 188 g/mol. The van der Waals surface area contributed by atoms with Gasteiger partial charge in [-0.3, -0.25) is 4.79 Å². The summed E-state index contributed by atoms with van der Waals surface area (Å²) < 4.78 is 0. The number of nitrogens with one attached hydrogen (secondary N) is 2. The minimum Gasteiger partial charge on any atom is -0.354 e. The number of hydrogen-bond donors (Lipinski definition) is 2. The van der Waals surface area contributed by atoms with E-state index in [1.807, 2.05) is 6.92 Å². The Balaban J connectivity index is 3.99. The topological polar surface area (TPSA) is 41.1 Å². The van der Waals surface area contributed by atoms with Crippen molar-refractivity contribution in [3.63, 3.8) is 0 Å². The summed E-state index contributed by atoms with van der Waals surface area (Å²) in [7, 11) is 0. The molecular formula is C12H26N2O. The fourth-order valence-corrected chi connectivity index (χ4v) is 1.21. The van der Waals surface area contributed by atoms with Crippen LogP contribution in [-0.4, -0.2) is 24.0 Å². The first-order valence-electron chi connectivity index (χ1n) is 5.84. The Labute approximate surface area is 94.0 Å². The predicted octanol–water partition coefficient (Wildman–Crippen LogP) is 1.93. The number of hydrogen-bond acceptors (Lipinski definition) is 2. The van der Waals surface area contributed by atoms with Gasteiger partial charge in [0.15, 0.2) is 0 Å². The number of carbonyl (C=O) groups is 1. The molecule has 0 aliphatic carbocycles. The molecule has 0 spiro atoms. The van der Waals surface area contributed by atoms with E-state index in [0.29, 0.717) is 5.92 Å². The zero-order valence-electron chi connectivity index (χ0n) is 11.0. The second-order valence-electron chi connectivity index (χ2n) is 5.24. The number of carbonyl (C=O) groups excluding carboxylic acids is 1. The highest BCUT2D eigenvalue weighted by atomic mass is 16.2. The summed E-state index contributed by atoms with van der Waals surface area (Å²) in [5.41, 5.74) is 0.0224. The summed E-state index contributed by atoms with van der Waals surface area (Å²) in [6.45, 7) is 13.2. The van der Waals surface area contributed by atoms with Crippen LogP contribution in [0.15, 0.2) is 0 Å². The molecule has 0 saturated heterocycles. The van der Waals surface area contributed by atoms with Crippen molar-refractivity contribution in [2.45, 2.75) is 59.5 Å². The molecule has 2 N–H and O–H groups in total. The molecule has 0 aromatic heterocycles. The summed E-state index contributed by atoms with van der Waals surface area (Å²) in [6, 6.07) is -0.126. The standard InChI is InChI=1S/C12H26N2O/c1-7-12(5,6)14-10(4)11(15)13-8-9(2)3/h9-10,14H,7-8H2,1-6H3,(H,13,15). The van der Waals surface area contributed by atoms with E-state index in [-0.39, 0.29) is 17.5 Å². The minimum atomic E-state index is -0.126. The third-order valence-electron chi connectivity index (χ3n) is 2.57. The molecule has 0 saturated carbocycles. The van der Waals surface area contributed by atoms with E-state index in [4.69, 9.17) is 0 Å². The average Bonchev–Trinajstić information content (AvgIpc) is 2.13. The van der Waals surface area contributed by atoms with Crippen LogP contribution in [0.4, 0.5) is 0 Å². The lowest BCUT2D eigenvalue weighted by Gasteiger charge is -2.28. The summed E-state index contributed by atoms with van der Waals surface area (Å²) in [6.07, 6.45) is 1.01. The normalized spacial score (nSPS) is 14.1. The summed E-state index contributed by atoms with van der Waals surface area (Å²) in [4.78, 5) is 11.7. The van der Waals surface area contributed by atoms with Gasteiger partial charge >= 0.3 is 0 Å². The average molecular weight is 214 g/mol. The molecule has 1 unspecified atom stereocenters. The van der Waals surface area contributed by atoms with Gasteiger partial charge in [0.1, 0.15) is 0 Å². The fraction of sp³-hybridized carbons (Fsp3) is 0.917. The van der Waals surface area contributed by atoms with E-state index in [2.05, 4.69) is 45.3 Å². The number of amides is 1. The largest absolute Gasteiger partial charge is 0.354 e. The lowest BCUT2D eigenvalue weighted by molar-refractivity contribution is -0.123. The summed E-state index contributed by atoms with van der Waals surface area (Å²) >= 11 is 0. The lowest BCUT2D eigenvalue weighted by atomic mass is 10.0. The van der Waals surface area contributed by atoms with Gasteiger partial charge in [-0.05, 0) is 33.1 Å². The number of rotatable bonds is 6. The Bertz CT molecular complexity index is 200. The SMILES string of the molecule is CCC(C)(C)NC(C)C(=O)NCC(C)C. The maximum atomic E-state index is 11.7. The molecule has 0 heterocycles. The lowest BCUT2D eigenvalue weighted by Crippen LogP contribution is -2.51. The Morgan fingerprint density at radius 2 is 1.80 bits per heavy atom. The Morgan fingerprint density at radius 3 is 2.20 bits per heavy atom. The Morgan fingerprint density at radius 1 is 1.27 bits per heavy atom. The van der Waals surface area contributed by atoms with E-state index < -0.39 is 0 Å². The van der Waals surface area contributed by atoms with Crippen molar-refractivity contribution in [1.29, 1.82) is 0 Å². The molecule has 0 aliphatic rings. The van der Waals surface area contributed by atoms with Crippen molar-refractivity contribution < 1.29 is 4.79 Å². The molecule has 0 aliphatic heterocycles. The van der Waals surface area contributed by atoms with E-state index >= 15 is 0 Å². The zero-order valence-corrected chi connectivity index (χ0v) is 11.0. The van der Waals surface area contributed by atoms with Crippen molar-refractivity contribution in [1.82, 2.24) is 10.6 Å². The second-order valence-corrected chi connectivity index (χ2v) is 5.24. The first-order chi connectivity index (χ1) is 6.78. The predicted molar refractivity (Wildman–Crippen MR) is 64.8 cm³/mol. The van der Waals surface area contributed by atoms with Crippen LogP contribution in [-0.2, 0) is 4.79 Å². The highest BCUT2D eigenvalue weighted by Crippen LogP contribution is 2.08. The van der Waals surface area contributed by atoms with Crippen molar-refractivity contribution in [3.05, 3.63) is 0 Å². The van der Waals surface area contributed by atoms with Crippen LogP contribution in [0.3, 0.4) is 0 Å². The van der Waals surface area contributed by atoms with Crippen LogP contribution >= 0.6 is 0 Å². The Hall–Kier alpha value is -0.570. The van der Waals surface area contributed by atoms with E-state index in [9.17, 15) is 4.79 Å². The Kier molecular flexibility index (Phi) is 5.88. The van der Waals surface area contributed by atoms with Gasteiger partial charge in [0.05, 0.1) is 6.04 Å². The molecule has 90 valence electrons. The highest BCUT2D eigenvalue weighted by molar-refractivity contribution is 5.81. The quantitative estimate of drug-likeness (QED) is 0.709. The van der Waals surface area contributed by atoms with Gasteiger partial charge in [-0.25, -0.2) is 0 Å².